The number of nitrogens with one attached hydrogen (secondary N) is 1. The highest BCUT2D eigenvalue weighted by atomic mass is 16.5. The Balaban J connectivity index is 2.20. The summed E-state index contributed by atoms with van der Waals surface area (Å²) >= 11 is 0. The van der Waals surface area contributed by atoms with Gasteiger partial charge in [-0.25, -0.2) is 0 Å². The van der Waals surface area contributed by atoms with Gasteiger partial charge < -0.3 is 10.1 Å². The number of Topliss-reactive ketones (excluding diaryl/α,β-unsaturated/α-hetero) is 1. The number of methoxy groups -OCH3 is 1. The van der Waals surface area contributed by atoms with Gasteiger partial charge in [0.25, 0.3) is 0 Å². The highest BCUT2D eigenvalue weighted by Crippen LogP contribution is 2.22. The van der Waals surface area contributed by atoms with Crippen molar-refractivity contribution in [1.29, 1.82) is 0 Å². The maximum absolute atomic E-state index is 12.6. The molecule has 1 atom stereocenters. The van der Waals surface area contributed by atoms with Crippen molar-refractivity contribution in [3.8, 4) is 5.75 Å². The van der Waals surface area contributed by atoms with Crippen LogP contribution in [0.2, 0.25) is 0 Å². The van der Waals surface area contributed by atoms with Crippen molar-refractivity contribution in [1.82, 2.24) is 10.2 Å². The molecule has 1 saturated heterocycles. The summed E-state index contributed by atoms with van der Waals surface area (Å²) in [5, 5.41) is 3.30. The van der Waals surface area contributed by atoms with E-state index in [0.29, 0.717) is 11.3 Å². The summed E-state index contributed by atoms with van der Waals surface area (Å²) in [6.45, 7) is 7.70. The third-order valence-corrected chi connectivity index (χ3v) is 3.70. The average Bonchev–Trinajstić information content (AvgIpc) is 2.46. The number of carbonyl (C=O) groups excluding carboxylic acids is 1. The summed E-state index contributed by atoms with van der Waals surface area (Å²) in [7, 11) is 1.61. The second-order valence-corrected chi connectivity index (χ2v) is 5.03. The van der Waals surface area contributed by atoms with Gasteiger partial charge in [-0.2, -0.15) is 0 Å². The lowest BCUT2D eigenvalue weighted by molar-refractivity contribution is 0.0817. The van der Waals surface area contributed by atoms with Gasteiger partial charge in [0.2, 0.25) is 0 Å². The van der Waals surface area contributed by atoms with Crippen LogP contribution in [0, 0.1) is 6.92 Å². The van der Waals surface area contributed by atoms with Crippen LogP contribution in [-0.2, 0) is 0 Å². The minimum absolute atomic E-state index is 0.0993. The van der Waals surface area contributed by atoms with Crippen LogP contribution < -0.4 is 10.1 Å². The summed E-state index contributed by atoms with van der Waals surface area (Å²) in [6, 6.07) is 5.65. The van der Waals surface area contributed by atoms with Gasteiger partial charge in [0.1, 0.15) is 5.75 Å². The topological polar surface area (TPSA) is 41.6 Å². The summed E-state index contributed by atoms with van der Waals surface area (Å²) in [4.78, 5) is 14.9. The Labute approximate surface area is 114 Å². The fourth-order valence-corrected chi connectivity index (χ4v) is 2.47. The molecule has 1 aromatic rings. The molecule has 0 aliphatic carbocycles. The number of rotatable bonds is 4. The van der Waals surface area contributed by atoms with Crippen molar-refractivity contribution in [3.63, 3.8) is 0 Å². The molecule has 19 heavy (non-hydrogen) atoms. The van der Waals surface area contributed by atoms with Crippen LogP contribution in [-0.4, -0.2) is 50.0 Å². The zero-order chi connectivity index (χ0) is 13.8. The molecule has 0 aromatic heterocycles. The van der Waals surface area contributed by atoms with Crippen molar-refractivity contribution >= 4 is 5.78 Å². The van der Waals surface area contributed by atoms with E-state index in [1.54, 1.807) is 7.11 Å². The molecule has 0 radical (unpaired) electrons. The number of carbonyl (C=O) groups is 1. The highest BCUT2D eigenvalue weighted by molar-refractivity contribution is 6.02. The molecule has 104 valence electrons. The standard InChI is InChI=1S/C15H22N2O2/c1-11-4-5-14(19-3)13(10-11)15(18)12(2)17-8-6-16-7-9-17/h4-5,10,12,16H,6-9H2,1-3H3. The minimum Gasteiger partial charge on any atom is -0.496 e. The number of ketones is 1. The Morgan fingerprint density at radius 1 is 1.37 bits per heavy atom. The number of nitrogens with zero attached hydrogens (tertiary/aromatic N) is 1. The van der Waals surface area contributed by atoms with E-state index >= 15 is 0 Å². The minimum atomic E-state index is -0.0993. The molecule has 4 heteroatoms. The van der Waals surface area contributed by atoms with Gasteiger partial charge in [-0.05, 0) is 26.0 Å². The molecule has 0 amide bonds. The lowest BCUT2D eigenvalue weighted by Crippen LogP contribution is -2.50. The number of hydrogen-bond donors (Lipinski definition) is 1. The Hall–Kier alpha value is -1.39. The summed E-state index contributed by atoms with van der Waals surface area (Å²) in [6.07, 6.45) is 0. The fraction of sp³-hybridized carbons (Fsp3) is 0.533. The molecule has 2 rings (SSSR count). The van der Waals surface area contributed by atoms with Crippen LogP contribution in [0.3, 0.4) is 0 Å². The quantitative estimate of drug-likeness (QED) is 0.835. The zero-order valence-corrected chi connectivity index (χ0v) is 11.9. The zero-order valence-electron chi connectivity index (χ0n) is 11.9. The van der Waals surface area contributed by atoms with E-state index in [0.717, 1.165) is 31.7 Å². The lowest BCUT2D eigenvalue weighted by atomic mass is 10.0. The molecule has 1 heterocycles. The first-order valence-electron chi connectivity index (χ1n) is 6.77. The van der Waals surface area contributed by atoms with Gasteiger partial charge in [-0.15, -0.1) is 0 Å². The van der Waals surface area contributed by atoms with E-state index in [1.807, 2.05) is 32.0 Å². The van der Waals surface area contributed by atoms with E-state index in [9.17, 15) is 4.79 Å². The molecule has 1 N–H and O–H groups in total. The van der Waals surface area contributed by atoms with Gasteiger partial charge in [0.15, 0.2) is 5.78 Å². The van der Waals surface area contributed by atoms with Gasteiger partial charge >= 0.3 is 0 Å². The number of ether oxygens (including phenoxy) is 1. The Bertz CT molecular complexity index is 453. The van der Waals surface area contributed by atoms with Crippen molar-refractivity contribution in [2.24, 2.45) is 0 Å². The number of hydrogen-bond acceptors (Lipinski definition) is 4. The van der Waals surface area contributed by atoms with Gasteiger partial charge in [0.05, 0.1) is 18.7 Å². The molecule has 0 saturated carbocycles. The smallest absolute Gasteiger partial charge is 0.183 e. The first kappa shape index (κ1) is 14.0. The molecule has 0 bridgehead atoms. The van der Waals surface area contributed by atoms with Crippen LogP contribution in [0.5, 0.6) is 5.75 Å². The highest BCUT2D eigenvalue weighted by Gasteiger charge is 2.25. The Morgan fingerprint density at radius 2 is 2.05 bits per heavy atom. The van der Waals surface area contributed by atoms with E-state index in [4.69, 9.17) is 4.74 Å². The van der Waals surface area contributed by atoms with Crippen molar-refractivity contribution < 1.29 is 9.53 Å². The number of aryl methyl sites for hydroxylation is 1. The predicted octanol–water partition coefficient (Wildman–Crippen LogP) is 1.48. The molecule has 1 aliphatic rings. The molecule has 1 fully saturated rings. The number of piperazine rings is 1. The monoisotopic (exact) mass is 262 g/mol. The normalized spacial score (nSPS) is 18.1. The third-order valence-electron chi connectivity index (χ3n) is 3.70. The SMILES string of the molecule is COc1ccc(C)cc1C(=O)C(C)N1CCNCC1. The van der Waals surface area contributed by atoms with E-state index < -0.39 is 0 Å². The van der Waals surface area contributed by atoms with Crippen LogP contribution in [0.15, 0.2) is 18.2 Å². The molecule has 1 aromatic carbocycles. The van der Waals surface area contributed by atoms with Crippen molar-refractivity contribution in [2.45, 2.75) is 19.9 Å². The lowest BCUT2D eigenvalue weighted by Gasteiger charge is -2.32. The van der Waals surface area contributed by atoms with Crippen molar-refractivity contribution in [2.75, 3.05) is 33.3 Å². The van der Waals surface area contributed by atoms with Crippen LogP contribution in [0.1, 0.15) is 22.8 Å². The Kier molecular flexibility index (Phi) is 4.56. The molecule has 1 unspecified atom stereocenters. The summed E-state index contributed by atoms with van der Waals surface area (Å²) < 4.78 is 5.31. The third kappa shape index (κ3) is 3.14. The van der Waals surface area contributed by atoms with Gasteiger partial charge in [0, 0.05) is 26.2 Å². The van der Waals surface area contributed by atoms with E-state index in [2.05, 4.69) is 10.2 Å². The maximum Gasteiger partial charge on any atom is 0.183 e. The molecular weight excluding hydrogens is 240 g/mol. The Morgan fingerprint density at radius 3 is 2.68 bits per heavy atom. The van der Waals surface area contributed by atoms with Gasteiger partial charge in [-0.3, -0.25) is 9.69 Å². The largest absolute Gasteiger partial charge is 0.496 e. The van der Waals surface area contributed by atoms with Crippen molar-refractivity contribution in [3.05, 3.63) is 29.3 Å². The summed E-state index contributed by atoms with van der Waals surface area (Å²) in [5.41, 5.74) is 1.77. The molecule has 1 aliphatic heterocycles. The van der Waals surface area contributed by atoms with E-state index in [-0.39, 0.29) is 11.8 Å². The summed E-state index contributed by atoms with van der Waals surface area (Å²) in [5.74, 6) is 0.806. The number of benzene rings is 1. The molecule has 0 spiro atoms. The second kappa shape index (κ2) is 6.17. The van der Waals surface area contributed by atoms with E-state index in [1.165, 1.54) is 0 Å². The predicted molar refractivity (Wildman–Crippen MR) is 76.0 cm³/mol. The van der Waals surface area contributed by atoms with Gasteiger partial charge in [-0.1, -0.05) is 11.6 Å². The maximum atomic E-state index is 12.6. The fourth-order valence-electron chi connectivity index (χ4n) is 2.47. The second-order valence-electron chi connectivity index (χ2n) is 5.03. The van der Waals surface area contributed by atoms with Crippen LogP contribution in [0.25, 0.3) is 0 Å². The first-order chi connectivity index (χ1) is 9.13. The first-order valence-corrected chi connectivity index (χ1v) is 6.77. The molecule has 4 nitrogen and oxygen atoms in total. The van der Waals surface area contributed by atoms with Crippen LogP contribution in [0.4, 0.5) is 0 Å². The average molecular weight is 262 g/mol. The molecular formula is C15H22N2O2. The van der Waals surface area contributed by atoms with Crippen LogP contribution >= 0.6 is 0 Å².